The fourth-order valence-electron chi connectivity index (χ4n) is 2.44. The average Bonchev–Trinajstić information content (AvgIpc) is 2.87. The molecule has 1 saturated heterocycles. The normalized spacial score (nSPS) is 22.2. The average molecular weight is 295 g/mol. The zero-order chi connectivity index (χ0) is 12.3. The van der Waals surface area contributed by atoms with Gasteiger partial charge in [-0.15, -0.1) is 11.3 Å². The summed E-state index contributed by atoms with van der Waals surface area (Å²) in [6.45, 7) is 0.992. The van der Waals surface area contributed by atoms with Crippen molar-refractivity contribution >= 4 is 32.8 Å². The van der Waals surface area contributed by atoms with Crippen LogP contribution >= 0.6 is 22.9 Å². The molecule has 0 N–H and O–H groups in total. The molecule has 0 unspecified atom stereocenters. The summed E-state index contributed by atoms with van der Waals surface area (Å²) in [5.74, 6) is -0.864. The molecule has 0 aromatic carbocycles. The Hall–Kier alpha value is -0.140. The van der Waals surface area contributed by atoms with Crippen molar-refractivity contribution in [3.8, 4) is 0 Å². The van der Waals surface area contributed by atoms with Crippen LogP contribution < -0.4 is 0 Å². The van der Waals surface area contributed by atoms with Gasteiger partial charge in [0.1, 0.15) is 4.21 Å². The number of hydrogen-bond donors (Lipinski definition) is 0. The molecule has 1 spiro atoms. The summed E-state index contributed by atoms with van der Waals surface area (Å²) in [5, 5.41) is 0. The molecule has 1 aliphatic heterocycles. The molecule has 3 rings (SSSR count). The Bertz CT molecular complexity index is 569. The second-order valence-corrected chi connectivity index (χ2v) is 8.07. The van der Waals surface area contributed by atoms with Gasteiger partial charge in [-0.3, -0.25) is 0 Å². The topological polar surface area (TPSA) is 52.6 Å². The van der Waals surface area contributed by atoms with Crippen LogP contribution in [0.1, 0.15) is 17.5 Å². The van der Waals surface area contributed by atoms with E-state index in [-0.39, 0.29) is 4.21 Å². The molecule has 1 fully saturated rings. The molecule has 4 nitrogen and oxygen atoms in total. The van der Waals surface area contributed by atoms with Crippen LogP contribution in [0.15, 0.2) is 4.21 Å². The van der Waals surface area contributed by atoms with E-state index < -0.39 is 15.6 Å². The number of fused-ring (bicyclic) bond motifs is 2. The van der Waals surface area contributed by atoms with Crippen molar-refractivity contribution in [2.24, 2.45) is 0 Å². The summed E-state index contributed by atoms with van der Waals surface area (Å²) in [5.41, 5.74) is 1.52. The quantitative estimate of drug-likeness (QED) is 0.794. The molecule has 0 bridgehead atoms. The van der Waals surface area contributed by atoms with E-state index >= 15 is 0 Å². The Balaban J connectivity index is 2.26. The predicted octanol–water partition coefficient (Wildman–Crippen LogP) is 1.95. The van der Waals surface area contributed by atoms with Crippen LogP contribution in [0.4, 0.5) is 0 Å². The first-order valence-corrected chi connectivity index (χ1v) is 8.32. The molecule has 1 aromatic heterocycles. The van der Waals surface area contributed by atoms with Gasteiger partial charge in [-0.25, -0.2) is 8.42 Å². The Morgan fingerprint density at radius 3 is 2.59 bits per heavy atom. The molecule has 0 amide bonds. The van der Waals surface area contributed by atoms with Crippen LogP contribution in [0.5, 0.6) is 0 Å². The standard InChI is InChI=1S/C10H11ClO4S2/c1-17(12,13)9-7-6(8(11)16-9)2-3-10(7)14-4-5-15-10/h2-5H2,1H3. The molecular weight excluding hydrogens is 284 g/mol. The van der Waals surface area contributed by atoms with Gasteiger partial charge in [0.05, 0.1) is 17.6 Å². The van der Waals surface area contributed by atoms with Gasteiger partial charge in [0, 0.05) is 18.2 Å². The van der Waals surface area contributed by atoms with Crippen LogP contribution in [0.2, 0.25) is 4.34 Å². The lowest BCUT2D eigenvalue weighted by molar-refractivity contribution is -0.164. The highest BCUT2D eigenvalue weighted by molar-refractivity contribution is 7.92. The van der Waals surface area contributed by atoms with Gasteiger partial charge < -0.3 is 9.47 Å². The lowest BCUT2D eigenvalue weighted by atomic mass is 10.2. The second-order valence-electron chi connectivity index (χ2n) is 4.24. The molecule has 2 aliphatic rings. The van der Waals surface area contributed by atoms with Crippen molar-refractivity contribution in [3.63, 3.8) is 0 Å². The van der Waals surface area contributed by atoms with Crippen LogP contribution in [-0.2, 0) is 31.5 Å². The van der Waals surface area contributed by atoms with Gasteiger partial charge in [0.15, 0.2) is 15.6 Å². The van der Waals surface area contributed by atoms with Gasteiger partial charge >= 0.3 is 0 Å². The minimum absolute atomic E-state index is 0.289. The van der Waals surface area contributed by atoms with Crippen molar-refractivity contribution in [1.29, 1.82) is 0 Å². The first-order chi connectivity index (χ1) is 7.94. The van der Waals surface area contributed by atoms with Crippen LogP contribution in [0, 0.1) is 0 Å². The highest BCUT2D eigenvalue weighted by atomic mass is 35.5. The van der Waals surface area contributed by atoms with E-state index in [4.69, 9.17) is 21.1 Å². The van der Waals surface area contributed by atoms with Crippen molar-refractivity contribution in [3.05, 3.63) is 15.5 Å². The van der Waals surface area contributed by atoms with Gasteiger partial charge in [0.2, 0.25) is 0 Å². The summed E-state index contributed by atoms with van der Waals surface area (Å²) in [7, 11) is -3.30. The number of rotatable bonds is 1. The third-order valence-corrected chi connectivity index (χ3v) is 6.41. The molecular formula is C10H11ClO4S2. The minimum atomic E-state index is -3.30. The Morgan fingerprint density at radius 1 is 1.35 bits per heavy atom. The summed E-state index contributed by atoms with van der Waals surface area (Å²) in [6, 6.07) is 0. The van der Waals surface area contributed by atoms with Gasteiger partial charge in [-0.05, 0) is 12.0 Å². The largest absolute Gasteiger partial charge is 0.343 e. The predicted molar refractivity (Wildman–Crippen MR) is 64.3 cm³/mol. The number of hydrogen-bond acceptors (Lipinski definition) is 5. The van der Waals surface area contributed by atoms with E-state index in [1.54, 1.807) is 0 Å². The van der Waals surface area contributed by atoms with Crippen LogP contribution in [-0.4, -0.2) is 27.9 Å². The van der Waals surface area contributed by atoms with Crippen LogP contribution in [0.3, 0.4) is 0 Å². The van der Waals surface area contributed by atoms with E-state index in [0.29, 0.717) is 36.0 Å². The van der Waals surface area contributed by atoms with E-state index in [0.717, 1.165) is 16.9 Å². The SMILES string of the molecule is CS(=O)(=O)c1sc(Cl)c2c1C1(CC2)OCCO1. The molecule has 17 heavy (non-hydrogen) atoms. The first kappa shape index (κ1) is 11.9. The maximum atomic E-state index is 11.8. The summed E-state index contributed by atoms with van der Waals surface area (Å²) < 4.78 is 35.7. The smallest absolute Gasteiger partial charge is 0.197 e. The molecule has 1 aliphatic carbocycles. The highest BCUT2D eigenvalue weighted by Gasteiger charge is 2.49. The molecule has 7 heteroatoms. The zero-order valence-corrected chi connectivity index (χ0v) is 11.5. The van der Waals surface area contributed by atoms with E-state index in [1.165, 1.54) is 6.26 Å². The maximum absolute atomic E-state index is 11.8. The summed E-state index contributed by atoms with van der Waals surface area (Å²) >= 11 is 7.20. The third-order valence-electron chi connectivity index (χ3n) is 3.10. The number of ether oxygens (including phenoxy) is 2. The molecule has 0 saturated carbocycles. The van der Waals surface area contributed by atoms with Crippen LogP contribution in [0.25, 0.3) is 0 Å². The summed E-state index contributed by atoms with van der Waals surface area (Å²) in [6.07, 6.45) is 2.55. The van der Waals surface area contributed by atoms with Gasteiger partial charge in [-0.1, -0.05) is 11.6 Å². The second kappa shape index (κ2) is 3.68. The molecule has 94 valence electrons. The highest BCUT2D eigenvalue weighted by Crippen LogP contribution is 2.52. The number of thiophene rings is 1. The van der Waals surface area contributed by atoms with Crippen molar-refractivity contribution in [1.82, 2.24) is 0 Å². The van der Waals surface area contributed by atoms with Gasteiger partial charge in [0.25, 0.3) is 0 Å². The van der Waals surface area contributed by atoms with Gasteiger partial charge in [-0.2, -0.15) is 0 Å². The third kappa shape index (κ3) is 1.66. The molecule has 2 heterocycles. The van der Waals surface area contributed by atoms with E-state index in [1.807, 2.05) is 0 Å². The fraction of sp³-hybridized carbons (Fsp3) is 0.600. The minimum Gasteiger partial charge on any atom is -0.343 e. The zero-order valence-electron chi connectivity index (χ0n) is 9.16. The maximum Gasteiger partial charge on any atom is 0.197 e. The van der Waals surface area contributed by atoms with E-state index in [2.05, 4.69) is 0 Å². The Morgan fingerprint density at radius 2 is 2.00 bits per heavy atom. The van der Waals surface area contributed by atoms with Crippen molar-refractivity contribution in [2.75, 3.05) is 19.5 Å². The first-order valence-electron chi connectivity index (χ1n) is 5.24. The fourth-order valence-corrected chi connectivity index (χ4v) is 5.38. The summed E-state index contributed by atoms with van der Waals surface area (Å²) in [4.78, 5) is 0. The molecule has 1 aromatic rings. The molecule has 0 atom stereocenters. The Kier molecular flexibility index (Phi) is 2.58. The lowest BCUT2D eigenvalue weighted by Gasteiger charge is -2.22. The number of halogens is 1. The van der Waals surface area contributed by atoms with Crippen molar-refractivity contribution in [2.45, 2.75) is 22.8 Å². The number of sulfone groups is 1. The van der Waals surface area contributed by atoms with E-state index in [9.17, 15) is 8.42 Å². The monoisotopic (exact) mass is 294 g/mol. The molecule has 0 radical (unpaired) electrons. The lowest BCUT2D eigenvalue weighted by Crippen LogP contribution is -2.25. The van der Waals surface area contributed by atoms with Crippen molar-refractivity contribution < 1.29 is 17.9 Å². The Labute approximate surface area is 108 Å².